The Balaban J connectivity index is 2.17. The van der Waals surface area contributed by atoms with E-state index in [0.717, 1.165) is 30.5 Å². The van der Waals surface area contributed by atoms with Gasteiger partial charge in [0.15, 0.2) is 0 Å². The summed E-state index contributed by atoms with van der Waals surface area (Å²) in [7, 11) is 0. The van der Waals surface area contributed by atoms with Crippen LogP contribution in [0, 0.1) is 0 Å². The summed E-state index contributed by atoms with van der Waals surface area (Å²) >= 11 is 0. The summed E-state index contributed by atoms with van der Waals surface area (Å²) in [5.74, 6) is 0.0962. The number of amides is 1. The van der Waals surface area contributed by atoms with E-state index in [0.29, 0.717) is 19.5 Å². The standard InChI is InChI=1S/C13H21N3O/c14-9-3-1-2-4-13(17)16-10-11-5-7-12(15)8-6-11/h5-8H,1-4,9-10,14-15H2,(H,16,17). The van der Waals surface area contributed by atoms with Gasteiger partial charge in [0.1, 0.15) is 0 Å². The molecule has 1 rings (SSSR count). The van der Waals surface area contributed by atoms with E-state index in [9.17, 15) is 4.79 Å². The summed E-state index contributed by atoms with van der Waals surface area (Å²) in [6.45, 7) is 1.27. The van der Waals surface area contributed by atoms with Crippen LogP contribution in [0.4, 0.5) is 5.69 Å². The van der Waals surface area contributed by atoms with Gasteiger partial charge >= 0.3 is 0 Å². The summed E-state index contributed by atoms with van der Waals surface area (Å²) in [6.07, 6.45) is 3.50. The molecule has 0 spiro atoms. The van der Waals surface area contributed by atoms with Crippen LogP contribution in [0.1, 0.15) is 31.2 Å². The van der Waals surface area contributed by atoms with Crippen LogP contribution in [0.2, 0.25) is 0 Å². The Morgan fingerprint density at radius 1 is 1.12 bits per heavy atom. The van der Waals surface area contributed by atoms with Gasteiger partial charge in [-0.15, -0.1) is 0 Å². The first-order chi connectivity index (χ1) is 8.22. The second kappa shape index (κ2) is 7.68. The lowest BCUT2D eigenvalue weighted by atomic mass is 10.1. The molecule has 1 aromatic carbocycles. The molecule has 0 atom stereocenters. The molecule has 0 saturated heterocycles. The molecule has 0 aromatic heterocycles. The summed E-state index contributed by atoms with van der Waals surface area (Å²) in [4.78, 5) is 11.5. The molecular weight excluding hydrogens is 214 g/mol. The number of carbonyl (C=O) groups excluding carboxylic acids is 1. The number of anilines is 1. The maximum Gasteiger partial charge on any atom is 0.220 e. The van der Waals surface area contributed by atoms with E-state index in [1.54, 1.807) is 0 Å². The molecule has 94 valence electrons. The Kier molecular flexibility index (Phi) is 6.10. The van der Waals surface area contributed by atoms with Gasteiger partial charge in [-0.2, -0.15) is 0 Å². The Bertz CT molecular complexity index is 335. The van der Waals surface area contributed by atoms with Gasteiger partial charge in [0.25, 0.3) is 0 Å². The molecule has 1 aromatic rings. The average Bonchev–Trinajstić information content (AvgIpc) is 2.34. The number of nitrogens with one attached hydrogen (secondary N) is 1. The van der Waals surface area contributed by atoms with Crippen LogP contribution < -0.4 is 16.8 Å². The molecule has 0 unspecified atom stereocenters. The second-order valence-electron chi connectivity index (χ2n) is 4.12. The predicted octanol–water partition coefficient (Wildman–Crippen LogP) is 1.40. The van der Waals surface area contributed by atoms with Crippen LogP contribution in [0.25, 0.3) is 0 Å². The zero-order valence-corrected chi connectivity index (χ0v) is 10.1. The van der Waals surface area contributed by atoms with Gasteiger partial charge in [0, 0.05) is 18.7 Å². The smallest absolute Gasteiger partial charge is 0.220 e. The minimum absolute atomic E-state index is 0.0962. The second-order valence-corrected chi connectivity index (χ2v) is 4.12. The van der Waals surface area contributed by atoms with Crippen molar-refractivity contribution in [2.45, 2.75) is 32.2 Å². The fourth-order valence-corrected chi connectivity index (χ4v) is 1.53. The highest BCUT2D eigenvalue weighted by Gasteiger charge is 2.00. The quantitative estimate of drug-likeness (QED) is 0.493. The highest BCUT2D eigenvalue weighted by molar-refractivity contribution is 5.75. The minimum atomic E-state index is 0.0962. The van der Waals surface area contributed by atoms with E-state index in [1.165, 1.54) is 0 Å². The number of hydrogen-bond donors (Lipinski definition) is 3. The predicted molar refractivity (Wildman–Crippen MR) is 70.2 cm³/mol. The molecule has 17 heavy (non-hydrogen) atoms. The van der Waals surface area contributed by atoms with Crippen molar-refractivity contribution in [3.05, 3.63) is 29.8 Å². The van der Waals surface area contributed by atoms with Gasteiger partial charge in [0.05, 0.1) is 0 Å². The van der Waals surface area contributed by atoms with Gasteiger partial charge in [-0.1, -0.05) is 18.6 Å². The zero-order chi connectivity index (χ0) is 12.5. The molecule has 0 aliphatic carbocycles. The molecule has 0 aliphatic heterocycles. The number of unbranched alkanes of at least 4 members (excludes halogenated alkanes) is 2. The number of rotatable bonds is 7. The van der Waals surface area contributed by atoms with Crippen LogP contribution in [0.3, 0.4) is 0 Å². The first-order valence-electron chi connectivity index (χ1n) is 6.03. The van der Waals surface area contributed by atoms with Gasteiger partial charge in [-0.05, 0) is 37.1 Å². The highest BCUT2D eigenvalue weighted by atomic mass is 16.1. The van der Waals surface area contributed by atoms with Crippen molar-refractivity contribution < 1.29 is 4.79 Å². The number of nitrogen functional groups attached to an aromatic ring is 1. The van der Waals surface area contributed by atoms with Crippen LogP contribution in [-0.4, -0.2) is 12.5 Å². The Morgan fingerprint density at radius 2 is 1.82 bits per heavy atom. The summed E-state index contributed by atoms with van der Waals surface area (Å²) in [5.41, 5.74) is 12.8. The summed E-state index contributed by atoms with van der Waals surface area (Å²) < 4.78 is 0. The SMILES string of the molecule is NCCCCCC(=O)NCc1ccc(N)cc1. The maximum absolute atomic E-state index is 11.5. The lowest BCUT2D eigenvalue weighted by Crippen LogP contribution is -2.22. The van der Waals surface area contributed by atoms with Gasteiger partial charge in [-0.3, -0.25) is 4.79 Å². The van der Waals surface area contributed by atoms with Gasteiger partial charge in [-0.25, -0.2) is 0 Å². The van der Waals surface area contributed by atoms with Gasteiger partial charge in [0.2, 0.25) is 5.91 Å². The van der Waals surface area contributed by atoms with E-state index in [2.05, 4.69) is 5.32 Å². The number of nitrogens with two attached hydrogens (primary N) is 2. The third-order valence-electron chi connectivity index (χ3n) is 2.58. The summed E-state index contributed by atoms with van der Waals surface area (Å²) in [6, 6.07) is 7.51. The molecule has 0 aliphatic rings. The first-order valence-corrected chi connectivity index (χ1v) is 6.03. The number of benzene rings is 1. The Hall–Kier alpha value is -1.55. The molecule has 0 bridgehead atoms. The fraction of sp³-hybridized carbons (Fsp3) is 0.462. The van der Waals surface area contributed by atoms with Crippen LogP contribution >= 0.6 is 0 Å². The molecule has 4 heteroatoms. The Morgan fingerprint density at radius 3 is 2.47 bits per heavy atom. The fourth-order valence-electron chi connectivity index (χ4n) is 1.53. The van der Waals surface area contributed by atoms with E-state index in [4.69, 9.17) is 11.5 Å². The largest absolute Gasteiger partial charge is 0.399 e. The average molecular weight is 235 g/mol. The lowest BCUT2D eigenvalue weighted by molar-refractivity contribution is -0.121. The van der Waals surface area contributed by atoms with Crippen molar-refractivity contribution in [1.82, 2.24) is 5.32 Å². The van der Waals surface area contributed by atoms with Crippen molar-refractivity contribution in [3.8, 4) is 0 Å². The van der Waals surface area contributed by atoms with Crippen molar-refractivity contribution in [2.24, 2.45) is 5.73 Å². The molecule has 4 nitrogen and oxygen atoms in total. The van der Waals surface area contributed by atoms with Crippen molar-refractivity contribution in [1.29, 1.82) is 0 Å². The van der Waals surface area contributed by atoms with Gasteiger partial charge < -0.3 is 16.8 Å². The highest BCUT2D eigenvalue weighted by Crippen LogP contribution is 2.05. The zero-order valence-electron chi connectivity index (χ0n) is 10.1. The molecule has 1 amide bonds. The number of hydrogen-bond acceptors (Lipinski definition) is 3. The van der Waals surface area contributed by atoms with E-state index in [1.807, 2.05) is 24.3 Å². The Labute approximate surface area is 102 Å². The van der Waals surface area contributed by atoms with Crippen molar-refractivity contribution >= 4 is 11.6 Å². The topological polar surface area (TPSA) is 81.1 Å². The van der Waals surface area contributed by atoms with Crippen LogP contribution in [0.5, 0.6) is 0 Å². The third-order valence-corrected chi connectivity index (χ3v) is 2.58. The van der Waals surface area contributed by atoms with E-state index < -0.39 is 0 Å². The van der Waals surface area contributed by atoms with Crippen LogP contribution in [0.15, 0.2) is 24.3 Å². The lowest BCUT2D eigenvalue weighted by Gasteiger charge is -2.05. The third kappa shape index (κ3) is 5.92. The minimum Gasteiger partial charge on any atom is -0.399 e. The first kappa shape index (κ1) is 13.5. The molecule has 0 heterocycles. The van der Waals surface area contributed by atoms with Crippen molar-refractivity contribution in [2.75, 3.05) is 12.3 Å². The summed E-state index contributed by atoms with van der Waals surface area (Å²) in [5, 5.41) is 2.88. The monoisotopic (exact) mass is 235 g/mol. The molecule has 0 radical (unpaired) electrons. The maximum atomic E-state index is 11.5. The van der Waals surface area contributed by atoms with E-state index >= 15 is 0 Å². The normalized spacial score (nSPS) is 10.2. The molecule has 0 saturated carbocycles. The van der Waals surface area contributed by atoms with Crippen molar-refractivity contribution in [3.63, 3.8) is 0 Å². The van der Waals surface area contributed by atoms with E-state index in [-0.39, 0.29) is 5.91 Å². The molecular formula is C13H21N3O. The molecule has 0 fully saturated rings. The van der Waals surface area contributed by atoms with Crippen LogP contribution in [-0.2, 0) is 11.3 Å². The molecule has 5 N–H and O–H groups in total. The number of carbonyl (C=O) groups is 1.